The maximum absolute atomic E-state index is 5.27. The van der Waals surface area contributed by atoms with Gasteiger partial charge in [-0.1, -0.05) is 0 Å². The van der Waals surface area contributed by atoms with Crippen LogP contribution in [0.15, 0.2) is 52.6 Å². The first kappa shape index (κ1) is 30.1. The maximum atomic E-state index is 5.27. The normalized spacial score (nSPS) is 6.56. The van der Waals surface area contributed by atoms with Crippen LogP contribution in [-0.2, 0) is 0 Å². The lowest BCUT2D eigenvalue weighted by Gasteiger charge is -2.03. The van der Waals surface area contributed by atoms with Gasteiger partial charge in [-0.25, -0.2) is 0 Å². The topological polar surface area (TPSA) is 76.1 Å². The average Bonchev–Trinajstić information content (AvgIpc) is 2.51. The van der Waals surface area contributed by atoms with Crippen molar-refractivity contribution in [2.45, 2.75) is 0 Å². The third-order valence-corrected chi connectivity index (χ3v) is 1.12. The Hall–Kier alpha value is -1.20. The Balaban J connectivity index is -0.0000000596. The smallest absolute Gasteiger partial charge is 0.00772 e. The van der Waals surface area contributed by atoms with Crippen molar-refractivity contribution in [1.29, 1.82) is 0 Å². The fraction of sp³-hybridized carbons (Fsp3) is 0.429. The fourth-order valence-electron chi connectivity index (χ4n) is 0.631. The van der Waals surface area contributed by atoms with E-state index in [9.17, 15) is 0 Å². The Labute approximate surface area is 115 Å². The first-order valence-electron chi connectivity index (χ1n) is 5.73. The Morgan fingerprint density at radius 1 is 0.500 bits per heavy atom. The van der Waals surface area contributed by atoms with Crippen molar-refractivity contribution < 1.29 is 0 Å². The molecular formula is C14H34N4. The van der Waals surface area contributed by atoms with Crippen LogP contribution in [0.4, 0.5) is 0 Å². The van der Waals surface area contributed by atoms with Gasteiger partial charge in [-0.05, 0) is 0 Å². The van der Waals surface area contributed by atoms with E-state index >= 15 is 0 Å². The molecule has 18 heavy (non-hydrogen) atoms. The van der Waals surface area contributed by atoms with Crippen LogP contribution in [0.25, 0.3) is 0 Å². The van der Waals surface area contributed by atoms with E-state index in [4.69, 9.17) is 11.5 Å². The summed E-state index contributed by atoms with van der Waals surface area (Å²) in [6.07, 6.45) is 0. The SMILES string of the molecule is C=C.C=C.C=C.C=C.NCCNCCNCCN. The maximum Gasteiger partial charge on any atom is 0.00772 e. The fourth-order valence-corrected chi connectivity index (χ4v) is 0.631. The van der Waals surface area contributed by atoms with Crippen LogP contribution >= 0.6 is 0 Å². The molecule has 0 aliphatic carbocycles. The zero-order chi connectivity index (χ0) is 15.7. The highest BCUT2D eigenvalue weighted by atomic mass is 14.9. The van der Waals surface area contributed by atoms with Crippen molar-refractivity contribution in [3.8, 4) is 0 Å². The second-order valence-corrected chi connectivity index (χ2v) is 2.08. The van der Waals surface area contributed by atoms with Crippen molar-refractivity contribution in [1.82, 2.24) is 10.6 Å². The van der Waals surface area contributed by atoms with Gasteiger partial charge in [-0.2, -0.15) is 0 Å². The third kappa shape index (κ3) is 83.8. The number of hydrogen-bond donors (Lipinski definition) is 4. The summed E-state index contributed by atoms with van der Waals surface area (Å²) in [6, 6.07) is 0. The molecule has 0 radical (unpaired) electrons. The van der Waals surface area contributed by atoms with Gasteiger partial charge in [0.25, 0.3) is 0 Å². The van der Waals surface area contributed by atoms with Gasteiger partial charge in [0.05, 0.1) is 0 Å². The van der Waals surface area contributed by atoms with Crippen LogP contribution in [0, 0.1) is 0 Å². The van der Waals surface area contributed by atoms with E-state index in [2.05, 4.69) is 63.3 Å². The molecule has 0 aromatic rings. The molecule has 0 rings (SSSR count). The Morgan fingerprint density at radius 2 is 0.722 bits per heavy atom. The molecule has 0 saturated carbocycles. The summed E-state index contributed by atoms with van der Waals surface area (Å²) in [5.41, 5.74) is 10.5. The van der Waals surface area contributed by atoms with Crippen molar-refractivity contribution in [2.75, 3.05) is 39.3 Å². The predicted molar refractivity (Wildman–Crippen MR) is 88.9 cm³/mol. The van der Waals surface area contributed by atoms with Crippen LogP contribution in [0.5, 0.6) is 0 Å². The average molecular weight is 258 g/mol. The minimum absolute atomic E-state index is 0.705. The summed E-state index contributed by atoms with van der Waals surface area (Å²) in [5.74, 6) is 0. The van der Waals surface area contributed by atoms with E-state index in [1.165, 1.54) is 0 Å². The van der Waals surface area contributed by atoms with Crippen LogP contribution < -0.4 is 22.1 Å². The standard InChI is InChI=1S/C6H18N4.4C2H4/c7-1-3-9-5-6-10-4-2-8;4*1-2/h9-10H,1-8H2;4*1-2H2. The van der Waals surface area contributed by atoms with Crippen molar-refractivity contribution >= 4 is 0 Å². The number of hydrogen-bond acceptors (Lipinski definition) is 4. The number of nitrogens with two attached hydrogens (primary N) is 2. The van der Waals surface area contributed by atoms with Crippen molar-refractivity contribution in [3.63, 3.8) is 0 Å². The molecule has 0 aliphatic heterocycles. The molecule has 0 bridgehead atoms. The second-order valence-electron chi connectivity index (χ2n) is 2.08. The third-order valence-electron chi connectivity index (χ3n) is 1.12. The molecule has 0 saturated heterocycles. The molecular weight excluding hydrogens is 224 g/mol. The molecule has 4 nitrogen and oxygen atoms in total. The summed E-state index contributed by atoms with van der Waals surface area (Å²) in [5, 5.41) is 6.33. The molecule has 0 aromatic carbocycles. The van der Waals surface area contributed by atoms with E-state index in [1.54, 1.807) is 0 Å². The summed E-state index contributed by atoms with van der Waals surface area (Å²) in [4.78, 5) is 0. The van der Waals surface area contributed by atoms with Gasteiger partial charge >= 0.3 is 0 Å². The van der Waals surface area contributed by atoms with Crippen LogP contribution in [0.2, 0.25) is 0 Å². The largest absolute Gasteiger partial charge is 0.329 e. The molecule has 0 unspecified atom stereocenters. The molecule has 0 aliphatic rings. The lowest BCUT2D eigenvalue weighted by Crippen LogP contribution is -2.32. The zero-order valence-electron chi connectivity index (χ0n) is 12.1. The van der Waals surface area contributed by atoms with E-state index < -0.39 is 0 Å². The van der Waals surface area contributed by atoms with Gasteiger partial charge in [0.1, 0.15) is 0 Å². The van der Waals surface area contributed by atoms with Crippen molar-refractivity contribution in [2.24, 2.45) is 11.5 Å². The highest BCUT2D eigenvalue weighted by molar-refractivity contribution is 4.51. The van der Waals surface area contributed by atoms with E-state index in [0.29, 0.717) is 13.1 Å². The Bertz CT molecular complexity index is 83.8. The molecule has 6 N–H and O–H groups in total. The summed E-state index contributed by atoms with van der Waals surface area (Å²) >= 11 is 0. The molecule has 4 heteroatoms. The van der Waals surface area contributed by atoms with E-state index in [0.717, 1.165) is 26.2 Å². The highest BCUT2D eigenvalue weighted by Crippen LogP contribution is 1.57. The molecule has 0 fully saturated rings. The summed E-state index contributed by atoms with van der Waals surface area (Å²) < 4.78 is 0. The van der Waals surface area contributed by atoms with Crippen molar-refractivity contribution in [3.05, 3.63) is 52.6 Å². The van der Waals surface area contributed by atoms with Gasteiger partial charge < -0.3 is 22.1 Å². The first-order chi connectivity index (χ1) is 8.91. The Kier molecular flexibility index (Phi) is 125. The molecule has 0 heterocycles. The first-order valence-corrected chi connectivity index (χ1v) is 5.73. The van der Waals surface area contributed by atoms with E-state index in [1.807, 2.05) is 0 Å². The lowest BCUT2D eigenvalue weighted by atomic mass is 10.5. The molecule has 0 atom stereocenters. The van der Waals surface area contributed by atoms with Gasteiger partial charge in [0.2, 0.25) is 0 Å². The minimum atomic E-state index is 0.705. The van der Waals surface area contributed by atoms with Gasteiger partial charge in [-0.15, -0.1) is 52.6 Å². The highest BCUT2D eigenvalue weighted by Gasteiger charge is 1.83. The monoisotopic (exact) mass is 258 g/mol. The second kappa shape index (κ2) is 74.8. The van der Waals surface area contributed by atoms with Gasteiger partial charge in [0, 0.05) is 39.3 Å². The summed E-state index contributed by atoms with van der Waals surface area (Å²) in [7, 11) is 0. The van der Waals surface area contributed by atoms with Gasteiger partial charge in [-0.3, -0.25) is 0 Å². The van der Waals surface area contributed by atoms with Crippen LogP contribution in [0.3, 0.4) is 0 Å². The van der Waals surface area contributed by atoms with Gasteiger partial charge in [0.15, 0.2) is 0 Å². The Morgan fingerprint density at radius 3 is 0.889 bits per heavy atom. The van der Waals surface area contributed by atoms with E-state index in [-0.39, 0.29) is 0 Å². The minimum Gasteiger partial charge on any atom is -0.329 e. The van der Waals surface area contributed by atoms with Crippen LogP contribution in [0.1, 0.15) is 0 Å². The molecule has 0 amide bonds. The molecule has 0 aromatic heterocycles. The summed E-state index contributed by atoms with van der Waals surface area (Å²) in [6.45, 7) is 29.1. The number of rotatable bonds is 7. The zero-order valence-corrected chi connectivity index (χ0v) is 12.1. The van der Waals surface area contributed by atoms with Crippen LogP contribution in [-0.4, -0.2) is 39.3 Å². The predicted octanol–water partition coefficient (Wildman–Crippen LogP) is 1.29. The quantitative estimate of drug-likeness (QED) is 0.410. The molecule has 110 valence electrons. The molecule has 0 spiro atoms. The lowest BCUT2D eigenvalue weighted by molar-refractivity contribution is 0.618. The number of nitrogens with one attached hydrogen (secondary N) is 2.